The van der Waals surface area contributed by atoms with Crippen LogP contribution in [0.2, 0.25) is 0 Å². The number of nitrogens with one attached hydrogen (secondary N) is 1. The molecule has 1 amide bonds. The first-order valence-electron chi connectivity index (χ1n) is 5.60. The number of para-hydroxylation sites is 1. The van der Waals surface area contributed by atoms with Gasteiger partial charge in [-0.05, 0) is 5.56 Å². The Morgan fingerprint density at radius 1 is 1.06 bits per heavy atom. The van der Waals surface area contributed by atoms with E-state index in [2.05, 4.69) is 10.2 Å². The van der Waals surface area contributed by atoms with E-state index in [1.54, 1.807) is 24.3 Å². The quantitative estimate of drug-likeness (QED) is 0.816. The molecular weight excluding hydrogens is 224 g/mol. The van der Waals surface area contributed by atoms with E-state index in [1.807, 2.05) is 30.3 Å². The number of nitrogens with zero attached hydrogens (tertiary/aromatic N) is 1. The Bertz CT molecular complexity index is 585. The van der Waals surface area contributed by atoms with Crippen molar-refractivity contribution in [1.82, 2.24) is 5.32 Å². The first-order valence-corrected chi connectivity index (χ1v) is 5.60. The predicted octanol–water partition coefficient (Wildman–Crippen LogP) is 3.17. The summed E-state index contributed by atoms with van der Waals surface area (Å²) in [5.41, 5.74) is 1.83. The van der Waals surface area contributed by atoms with Crippen molar-refractivity contribution >= 4 is 11.6 Å². The molecule has 0 aromatic heterocycles. The van der Waals surface area contributed by atoms with Gasteiger partial charge in [-0.1, -0.05) is 54.6 Å². The monoisotopic (exact) mass is 236 g/mol. The molecule has 0 unspecified atom stereocenters. The topological polar surface area (TPSA) is 33.5 Å². The van der Waals surface area contributed by atoms with E-state index in [0.717, 1.165) is 5.56 Å². The van der Waals surface area contributed by atoms with Crippen molar-refractivity contribution in [3.63, 3.8) is 0 Å². The average Bonchev–Trinajstić information content (AvgIpc) is 2.45. The highest BCUT2D eigenvalue weighted by Crippen LogP contribution is 2.18. The number of amides is 1. The molecule has 0 fully saturated rings. The van der Waals surface area contributed by atoms with Gasteiger partial charge < -0.3 is 5.32 Å². The van der Waals surface area contributed by atoms with Crippen LogP contribution in [0, 0.1) is 6.57 Å². The lowest BCUT2D eigenvalue weighted by atomic mass is 10.1. The zero-order valence-corrected chi connectivity index (χ0v) is 9.76. The Labute approximate surface area is 106 Å². The molecule has 2 rings (SSSR count). The van der Waals surface area contributed by atoms with Crippen molar-refractivity contribution in [2.45, 2.75) is 6.54 Å². The molecule has 1 N–H and O–H groups in total. The minimum Gasteiger partial charge on any atom is -0.349 e. The lowest BCUT2D eigenvalue weighted by Gasteiger charge is -2.06. The van der Waals surface area contributed by atoms with E-state index < -0.39 is 0 Å². The van der Waals surface area contributed by atoms with E-state index >= 15 is 0 Å². The van der Waals surface area contributed by atoms with E-state index in [9.17, 15) is 4.79 Å². The average molecular weight is 236 g/mol. The zero-order chi connectivity index (χ0) is 12.8. The van der Waals surface area contributed by atoms with E-state index in [1.165, 1.54) is 0 Å². The molecule has 3 heteroatoms. The maximum atomic E-state index is 11.9. The molecule has 0 aliphatic rings. The van der Waals surface area contributed by atoms with Gasteiger partial charge in [-0.3, -0.25) is 4.79 Å². The second kappa shape index (κ2) is 5.65. The zero-order valence-electron chi connectivity index (χ0n) is 9.76. The Morgan fingerprint density at radius 2 is 1.72 bits per heavy atom. The Balaban J connectivity index is 2.07. The normalized spacial score (nSPS) is 9.50. The van der Waals surface area contributed by atoms with Gasteiger partial charge in [0.1, 0.15) is 0 Å². The summed E-state index contributed by atoms with van der Waals surface area (Å²) in [5.74, 6) is -0.217. The summed E-state index contributed by atoms with van der Waals surface area (Å²) in [6.07, 6.45) is 0. The largest absolute Gasteiger partial charge is 0.349 e. The van der Waals surface area contributed by atoms with Crippen LogP contribution in [0.25, 0.3) is 4.85 Å². The highest BCUT2D eigenvalue weighted by atomic mass is 16.1. The van der Waals surface area contributed by atoms with Gasteiger partial charge in [-0.15, -0.1) is 0 Å². The van der Waals surface area contributed by atoms with Crippen LogP contribution < -0.4 is 5.32 Å². The van der Waals surface area contributed by atoms with Crippen molar-refractivity contribution in [1.29, 1.82) is 0 Å². The van der Waals surface area contributed by atoms with Gasteiger partial charge in [0.05, 0.1) is 6.57 Å². The van der Waals surface area contributed by atoms with Crippen molar-refractivity contribution in [3.8, 4) is 0 Å². The molecule has 2 aromatic carbocycles. The van der Waals surface area contributed by atoms with Gasteiger partial charge >= 0.3 is 0 Å². The van der Waals surface area contributed by atoms with Crippen molar-refractivity contribution in [3.05, 3.63) is 77.1 Å². The molecular formula is C15H12N2O. The first-order chi connectivity index (χ1) is 8.81. The SMILES string of the molecule is [C-]#[N+]c1ccccc1C(=O)NCc1ccccc1. The summed E-state index contributed by atoms with van der Waals surface area (Å²) in [5, 5.41) is 2.81. The van der Waals surface area contributed by atoms with Gasteiger partial charge in [-0.25, -0.2) is 4.85 Å². The van der Waals surface area contributed by atoms with Crippen molar-refractivity contribution in [2.24, 2.45) is 0 Å². The van der Waals surface area contributed by atoms with Crippen LogP contribution in [-0.2, 0) is 6.54 Å². The summed E-state index contributed by atoms with van der Waals surface area (Å²) in [4.78, 5) is 15.3. The van der Waals surface area contributed by atoms with E-state index in [-0.39, 0.29) is 5.91 Å². The van der Waals surface area contributed by atoms with Crippen LogP contribution in [0.1, 0.15) is 15.9 Å². The molecule has 0 aliphatic heterocycles. The smallest absolute Gasteiger partial charge is 0.241 e. The molecule has 0 saturated carbocycles. The summed E-state index contributed by atoms with van der Waals surface area (Å²) in [7, 11) is 0. The molecule has 0 spiro atoms. The van der Waals surface area contributed by atoms with Crippen LogP contribution in [0.4, 0.5) is 5.69 Å². The molecule has 0 radical (unpaired) electrons. The Hall–Kier alpha value is -2.60. The molecule has 0 aliphatic carbocycles. The number of hydrogen-bond donors (Lipinski definition) is 1. The van der Waals surface area contributed by atoms with E-state index in [4.69, 9.17) is 6.57 Å². The third-order valence-corrected chi connectivity index (χ3v) is 2.57. The molecule has 18 heavy (non-hydrogen) atoms. The summed E-state index contributed by atoms with van der Waals surface area (Å²) in [6, 6.07) is 16.5. The summed E-state index contributed by atoms with van der Waals surface area (Å²) >= 11 is 0. The molecule has 0 atom stereocenters. The molecule has 0 saturated heterocycles. The second-order valence-electron chi connectivity index (χ2n) is 3.80. The Kier molecular flexibility index (Phi) is 3.72. The van der Waals surface area contributed by atoms with Crippen LogP contribution in [0.3, 0.4) is 0 Å². The van der Waals surface area contributed by atoms with Gasteiger partial charge in [0.2, 0.25) is 5.91 Å². The molecule has 2 aromatic rings. The fraction of sp³-hybridized carbons (Fsp3) is 0.0667. The van der Waals surface area contributed by atoms with Gasteiger partial charge in [0.15, 0.2) is 5.69 Å². The number of hydrogen-bond acceptors (Lipinski definition) is 1. The minimum atomic E-state index is -0.217. The fourth-order valence-electron chi connectivity index (χ4n) is 1.64. The molecule has 3 nitrogen and oxygen atoms in total. The van der Waals surface area contributed by atoms with Crippen molar-refractivity contribution < 1.29 is 4.79 Å². The highest BCUT2D eigenvalue weighted by molar-refractivity contribution is 5.99. The molecule has 88 valence electrons. The van der Waals surface area contributed by atoms with Gasteiger partial charge in [0, 0.05) is 12.1 Å². The number of benzene rings is 2. The van der Waals surface area contributed by atoms with Crippen LogP contribution >= 0.6 is 0 Å². The third kappa shape index (κ3) is 2.74. The molecule has 0 heterocycles. The first kappa shape index (κ1) is 11.9. The highest BCUT2D eigenvalue weighted by Gasteiger charge is 2.09. The summed E-state index contributed by atoms with van der Waals surface area (Å²) < 4.78 is 0. The summed E-state index contributed by atoms with van der Waals surface area (Å²) in [6.45, 7) is 7.48. The van der Waals surface area contributed by atoms with Crippen LogP contribution in [0.15, 0.2) is 54.6 Å². The lowest BCUT2D eigenvalue weighted by Crippen LogP contribution is -2.22. The minimum absolute atomic E-state index is 0.217. The molecule has 0 bridgehead atoms. The maximum Gasteiger partial charge on any atom is 0.241 e. The number of carbonyl (C=O) groups excluding carboxylic acids is 1. The standard InChI is InChI=1S/C15H12N2O/c1-16-14-10-6-5-9-13(14)15(18)17-11-12-7-3-2-4-8-12/h2-10H,11H2,(H,17,18). The van der Waals surface area contributed by atoms with Gasteiger partial charge in [0.25, 0.3) is 0 Å². The van der Waals surface area contributed by atoms with Crippen LogP contribution in [-0.4, -0.2) is 5.91 Å². The van der Waals surface area contributed by atoms with Gasteiger partial charge in [-0.2, -0.15) is 0 Å². The Morgan fingerprint density at radius 3 is 2.44 bits per heavy atom. The number of carbonyl (C=O) groups is 1. The second-order valence-corrected chi connectivity index (χ2v) is 3.80. The van der Waals surface area contributed by atoms with Crippen LogP contribution in [0.5, 0.6) is 0 Å². The lowest BCUT2D eigenvalue weighted by molar-refractivity contribution is 0.0952. The predicted molar refractivity (Wildman–Crippen MR) is 70.3 cm³/mol. The number of rotatable bonds is 3. The third-order valence-electron chi connectivity index (χ3n) is 2.57. The van der Waals surface area contributed by atoms with Crippen molar-refractivity contribution in [2.75, 3.05) is 0 Å². The van der Waals surface area contributed by atoms with E-state index in [0.29, 0.717) is 17.8 Å². The fourth-order valence-corrected chi connectivity index (χ4v) is 1.64. The maximum absolute atomic E-state index is 11.9.